The standard InChI is InChI=1S/C13H16N2/c1-3-11-5-7-13(8-6-11)12(4-2)9-15-10-14/h4-10H,2-3H2,1H3,(H2,14,15)/b12-9+. The average molecular weight is 200 g/mol. The van der Waals surface area contributed by atoms with E-state index in [2.05, 4.69) is 42.8 Å². The summed E-state index contributed by atoms with van der Waals surface area (Å²) >= 11 is 0. The quantitative estimate of drug-likeness (QED) is 0.453. The molecule has 0 spiro atoms. The van der Waals surface area contributed by atoms with Gasteiger partial charge in [-0.05, 0) is 23.1 Å². The van der Waals surface area contributed by atoms with Crippen LogP contribution in [0.5, 0.6) is 0 Å². The average Bonchev–Trinajstić information content (AvgIpc) is 2.31. The van der Waals surface area contributed by atoms with Crippen LogP contribution in [0.4, 0.5) is 0 Å². The third-order valence-electron chi connectivity index (χ3n) is 2.22. The molecule has 1 aromatic rings. The van der Waals surface area contributed by atoms with E-state index in [1.807, 2.05) is 0 Å². The minimum Gasteiger partial charge on any atom is -0.390 e. The number of allylic oxidation sites excluding steroid dienone is 2. The maximum Gasteiger partial charge on any atom is 0.0853 e. The molecule has 78 valence electrons. The van der Waals surface area contributed by atoms with Gasteiger partial charge in [-0.3, -0.25) is 0 Å². The fourth-order valence-corrected chi connectivity index (χ4v) is 1.30. The Balaban J connectivity index is 2.97. The first-order chi connectivity index (χ1) is 7.31. The van der Waals surface area contributed by atoms with Gasteiger partial charge in [0, 0.05) is 6.20 Å². The summed E-state index contributed by atoms with van der Waals surface area (Å²) in [6.45, 7) is 5.89. The summed E-state index contributed by atoms with van der Waals surface area (Å²) < 4.78 is 0. The lowest BCUT2D eigenvalue weighted by Crippen LogP contribution is -1.87. The van der Waals surface area contributed by atoms with Crippen molar-refractivity contribution < 1.29 is 0 Å². The van der Waals surface area contributed by atoms with E-state index in [0.717, 1.165) is 17.6 Å². The second-order valence-corrected chi connectivity index (χ2v) is 3.14. The largest absolute Gasteiger partial charge is 0.390 e. The third-order valence-corrected chi connectivity index (χ3v) is 2.22. The lowest BCUT2D eigenvalue weighted by molar-refractivity contribution is 1.14. The van der Waals surface area contributed by atoms with E-state index in [4.69, 9.17) is 5.73 Å². The summed E-state index contributed by atoms with van der Waals surface area (Å²) in [4.78, 5) is 3.88. The van der Waals surface area contributed by atoms with Crippen LogP contribution >= 0.6 is 0 Å². The Morgan fingerprint density at radius 1 is 1.40 bits per heavy atom. The number of nitrogens with two attached hydrogens (primary N) is 1. The van der Waals surface area contributed by atoms with Crippen LogP contribution in [-0.4, -0.2) is 6.34 Å². The summed E-state index contributed by atoms with van der Waals surface area (Å²) in [6, 6.07) is 8.36. The van der Waals surface area contributed by atoms with Crippen molar-refractivity contribution in [3.05, 3.63) is 54.2 Å². The number of hydrogen-bond acceptors (Lipinski definition) is 1. The molecular weight excluding hydrogens is 184 g/mol. The first-order valence-corrected chi connectivity index (χ1v) is 4.97. The van der Waals surface area contributed by atoms with Gasteiger partial charge in [0.15, 0.2) is 0 Å². The van der Waals surface area contributed by atoms with Gasteiger partial charge in [-0.15, -0.1) is 0 Å². The van der Waals surface area contributed by atoms with E-state index in [9.17, 15) is 0 Å². The molecule has 2 heteroatoms. The molecule has 1 aromatic carbocycles. The molecule has 2 N–H and O–H groups in total. The van der Waals surface area contributed by atoms with E-state index < -0.39 is 0 Å². The lowest BCUT2D eigenvalue weighted by atomic mass is 10.0. The van der Waals surface area contributed by atoms with Crippen LogP contribution in [0.25, 0.3) is 5.57 Å². The van der Waals surface area contributed by atoms with E-state index in [1.165, 1.54) is 11.9 Å². The zero-order valence-corrected chi connectivity index (χ0v) is 8.98. The van der Waals surface area contributed by atoms with E-state index in [1.54, 1.807) is 12.3 Å². The van der Waals surface area contributed by atoms with Crippen molar-refractivity contribution in [1.82, 2.24) is 0 Å². The Morgan fingerprint density at radius 2 is 2.07 bits per heavy atom. The van der Waals surface area contributed by atoms with Gasteiger partial charge in [0.05, 0.1) is 6.34 Å². The van der Waals surface area contributed by atoms with Gasteiger partial charge in [0.1, 0.15) is 0 Å². The third kappa shape index (κ3) is 3.09. The summed E-state index contributed by atoms with van der Waals surface area (Å²) in [5.41, 5.74) is 8.58. The molecule has 0 atom stereocenters. The highest BCUT2D eigenvalue weighted by atomic mass is 14.8. The van der Waals surface area contributed by atoms with Gasteiger partial charge in [0.25, 0.3) is 0 Å². The molecule has 0 heterocycles. The first-order valence-electron chi connectivity index (χ1n) is 4.97. The van der Waals surface area contributed by atoms with Crippen molar-refractivity contribution in [2.24, 2.45) is 10.7 Å². The Labute approximate surface area is 90.8 Å². The van der Waals surface area contributed by atoms with Gasteiger partial charge in [-0.2, -0.15) is 0 Å². The zero-order chi connectivity index (χ0) is 11.1. The van der Waals surface area contributed by atoms with E-state index in [-0.39, 0.29) is 0 Å². The second-order valence-electron chi connectivity index (χ2n) is 3.14. The summed E-state index contributed by atoms with van der Waals surface area (Å²) in [5.74, 6) is 0. The second kappa shape index (κ2) is 5.81. The maximum absolute atomic E-state index is 5.18. The van der Waals surface area contributed by atoms with E-state index in [0.29, 0.717) is 0 Å². The van der Waals surface area contributed by atoms with Crippen molar-refractivity contribution in [1.29, 1.82) is 0 Å². The maximum atomic E-state index is 5.18. The van der Waals surface area contributed by atoms with Crippen molar-refractivity contribution in [2.75, 3.05) is 0 Å². The van der Waals surface area contributed by atoms with Crippen LogP contribution in [0.2, 0.25) is 0 Å². The number of rotatable bonds is 4. The number of benzene rings is 1. The number of hydrogen-bond donors (Lipinski definition) is 1. The normalized spacial score (nSPS) is 11.9. The van der Waals surface area contributed by atoms with Crippen LogP contribution in [-0.2, 0) is 6.42 Å². The molecule has 0 saturated carbocycles. The molecule has 0 aliphatic rings. The van der Waals surface area contributed by atoms with Gasteiger partial charge >= 0.3 is 0 Å². The molecule has 0 amide bonds. The fourth-order valence-electron chi connectivity index (χ4n) is 1.30. The van der Waals surface area contributed by atoms with Crippen LogP contribution in [0.15, 0.2) is 48.1 Å². The van der Waals surface area contributed by atoms with Crippen LogP contribution < -0.4 is 5.73 Å². The number of nitrogens with zero attached hydrogens (tertiary/aromatic N) is 1. The highest BCUT2D eigenvalue weighted by molar-refractivity contribution is 5.74. The molecule has 0 aliphatic carbocycles. The van der Waals surface area contributed by atoms with Gasteiger partial charge in [0.2, 0.25) is 0 Å². The van der Waals surface area contributed by atoms with Gasteiger partial charge in [-0.1, -0.05) is 43.8 Å². The van der Waals surface area contributed by atoms with Crippen LogP contribution in [0.1, 0.15) is 18.1 Å². The monoisotopic (exact) mass is 200 g/mol. The zero-order valence-electron chi connectivity index (χ0n) is 8.98. The molecule has 1 rings (SSSR count). The van der Waals surface area contributed by atoms with Crippen molar-refractivity contribution >= 4 is 11.9 Å². The number of aliphatic imine (C=N–C) groups is 1. The Kier molecular flexibility index (Phi) is 4.35. The molecule has 15 heavy (non-hydrogen) atoms. The van der Waals surface area contributed by atoms with Gasteiger partial charge < -0.3 is 5.73 Å². The predicted molar refractivity (Wildman–Crippen MR) is 66.7 cm³/mol. The molecule has 0 unspecified atom stereocenters. The summed E-state index contributed by atoms with van der Waals surface area (Å²) in [5, 5.41) is 0. The molecule has 0 aliphatic heterocycles. The van der Waals surface area contributed by atoms with Crippen LogP contribution in [0.3, 0.4) is 0 Å². The lowest BCUT2D eigenvalue weighted by Gasteiger charge is -2.02. The van der Waals surface area contributed by atoms with E-state index >= 15 is 0 Å². The van der Waals surface area contributed by atoms with Crippen molar-refractivity contribution in [3.8, 4) is 0 Å². The predicted octanol–water partition coefficient (Wildman–Crippen LogP) is 2.76. The van der Waals surface area contributed by atoms with Crippen molar-refractivity contribution in [3.63, 3.8) is 0 Å². The molecule has 0 bridgehead atoms. The van der Waals surface area contributed by atoms with Gasteiger partial charge in [-0.25, -0.2) is 4.99 Å². The molecule has 2 nitrogen and oxygen atoms in total. The first kappa shape index (κ1) is 11.2. The molecule has 0 aromatic heterocycles. The minimum absolute atomic E-state index is 0.972. The molecular formula is C13H16N2. The summed E-state index contributed by atoms with van der Waals surface area (Å²) in [6.07, 6.45) is 5.79. The SMILES string of the molecule is C=C/C(=C\N=C/N)c1ccc(CC)cc1. The smallest absolute Gasteiger partial charge is 0.0853 e. The number of aryl methyl sites for hydroxylation is 1. The Bertz CT molecular complexity index is 372. The van der Waals surface area contributed by atoms with Crippen LogP contribution in [0, 0.1) is 0 Å². The highest BCUT2D eigenvalue weighted by Gasteiger charge is 1.96. The molecule has 0 radical (unpaired) electrons. The van der Waals surface area contributed by atoms with Crippen molar-refractivity contribution in [2.45, 2.75) is 13.3 Å². The Hall–Kier alpha value is -1.83. The molecule has 0 fully saturated rings. The summed E-state index contributed by atoms with van der Waals surface area (Å²) in [7, 11) is 0. The highest BCUT2D eigenvalue weighted by Crippen LogP contribution is 2.16. The minimum atomic E-state index is 0.972. The molecule has 0 saturated heterocycles. The fraction of sp³-hybridized carbons (Fsp3) is 0.154. The topological polar surface area (TPSA) is 38.4 Å². The Morgan fingerprint density at radius 3 is 2.53 bits per heavy atom.